The second-order valence-corrected chi connectivity index (χ2v) is 10.2. The number of rotatable bonds is 0. The number of carbonyl (C=O) groups is 1. The van der Waals surface area contributed by atoms with Gasteiger partial charge in [0.15, 0.2) is 5.78 Å². The quantitative estimate of drug-likeness (QED) is 0.712. The first-order chi connectivity index (χ1) is 11.1. The Balaban J connectivity index is 1.69. The summed E-state index contributed by atoms with van der Waals surface area (Å²) in [7, 11) is 0. The number of ketones is 1. The number of hydrogen-bond donors (Lipinski definition) is 2. The highest BCUT2D eigenvalue weighted by Gasteiger charge is 2.65. The van der Waals surface area contributed by atoms with Gasteiger partial charge in [0, 0.05) is 6.42 Å². The molecular formula is C21H34O3. The molecule has 0 aliphatic heterocycles. The van der Waals surface area contributed by atoms with Crippen molar-refractivity contribution in [2.75, 3.05) is 0 Å². The van der Waals surface area contributed by atoms with Gasteiger partial charge in [-0.3, -0.25) is 4.79 Å². The molecule has 4 aliphatic rings. The minimum Gasteiger partial charge on any atom is -0.390 e. The summed E-state index contributed by atoms with van der Waals surface area (Å²) >= 11 is 0. The topological polar surface area (TPSA) is 57.5 Å². The summed E-state index contributed by atoms with van der Waals surface area (Å²) in [5.74, 6) is 2.42. The molecule has 3 unspecified atom stereocenters. The van der Waals surface area contributed by atoms with E-state index in [1.165, 1.54) is 6.42 Å². The zero-order chi connectivity index (χ0) is 17.5. The maximum atomic E-state index is 12.2. The highest BCUT2D eigenvalue weighted by molar-refractivity contribution is 5.84. The average molecular weight is 335 g/mol. The van der Waals surface area contributed by atoms with Gasteiger partial charge in [0.05, 0.1) is 5.60 Å². The van der Waals surface area contributed by atoms with Crippen LogP contribution in [0.25, 0.3) is 0 Å². The van der Waals surface area contributed by atoms with E-state index in [0.717, 1.165) is 32.1 Å². The van der Waals surface area contributed by atoms with Crippen molar-refractivity contribution in [1.29, 1.82) is 0 Å². The van der Waals surface area contributed by atoms with Gasteiger partial charge in [0.2, 0.25) is 0 Å². The van der Waals surface area contributed by atoms with E-state index in [0.29, 0.717) is 30.1 Å². The summed E-state index contributed by atoms with van der Waals surface area (Å²) < 4.78 is 0. The van der Waals surface area contributed by atoms with Crippen LogP contribution in [0.15, 0.2) is 0 Å². The Labute approximate surface area is 146 Å². The van der Waals surface area contributed by atoms with Crippen molar-refractivity contribution in [3.63, 3.8) is 0 Å². The van der Waals surface area contributed by atoms with Gasteiger partial charge in [-0.1, -0.05) is 20.8 Å². The van der Waals surface area contributed by atoms with E-state index < -0.39 is 11.7 Å². The minimum absolute atomic E-state index is 0.0453. The lowest BCUT2D eigenvalue weighted by Crippen LogP contribution is -2.60. The number of aliphatic hydroxyl groups excluding tert-OH is 1. The lowest BCUT2D eigenvalue weighted by Gasteiger charge is -2.63. The first kappa shape index (κ1) is 17.0. The molecule has 0 radical (unpaired) electrons. The van der Waals surface area contributed by atoms with Crippen LogP contribution in [0.5, 0.6) is 0 Å². The molecule has 0 heterocycles. The first-order valence-electron chi connectivity index (χ1n) is 10.1. The van der Waals surface area contributed by atoms with Crippen molar-refractivity contribution < 1.29 is 15.0 Å². The van der Waals surface area contributed by atoms with Gasteiger partial charge in [-0.05, 0) is 85.9 Å². The van der Waals surface area contributed by atoms with Gasteiger partial charge in [-0.15, -0.1) is 0 Å². The molecule has 0 amide bonds. The molecule has 4 saturated carbocycles. The fourth-order valence-corrected chi connectivity index (χ4v) is 7.73. The largest absolute Gasteiger partial charge is 0.390 e. The highest BCUT2D eigenvalue weighted by Crippen LogP contribution is 2.68. The van der Waals surface area contributed by atoms with E-state index in [1.807, 2.05) is 6.92 Å². The maximum absolute atomic E-state index is 12.2. The maximum Gasteiger partial charge on any atom is 0.161 e. The van der Waals surface area contributed by atoms with E-state index in [1.54, 1.807) is 0 Å². The molecule has 0 bridgehead atoms. The molecule has 136 valence electrons. The molecule has 4 fully saturated rings. The van der Waals surface area contributed by atoms with Gasteiger partial charge in [-0.25, -0.2) is 0 Å². The summed E-state index contributed by atoms with van der Waals surface area (Å²) in [5.41, 5.74) is -0.413. The Morgan fingerprint density at radius 1 is 1.00 bits per heavy atom. The van der Waals surface area contributed by atoms with Gasteiger partial charge >= 0.3 is 0 Å². The van der Waals surface area contributed by atoms with E-state index in [9.17, 15) is 15.0 Å². The molecule has 24 heavy (non-hydrogen) atoms. The third-order valence-electron chi connectivity index (χ3n) is 9.76. The molecule has 0 saturated heterocycles. The van der Waals surface area contributed by atoms with Gasteiger partial charge in [-0.2, -0.15) is 0 Å². The number of carbonyl (C=O) groups excluding carboxylic acids is 1. The van der Waals surface area contributed by atoms with Gasteiger partial charge in [0.1, 0.15) is 6.10 Å². The van der Waals surface area contributed by atoms with Crippen molar-refractivity contribution >= 4 is 5.78 Å². The molecule has 3 nitrogen and oxygen atoms in total. The summed E-state index contributed by atoms with van der Waals surface area (Å²) in [6.07, 6.45) is 6.43. The van der Waals surface area contributed by atoms with Crippen molar-refractivity contribution in [2.45, 2.75) is 84.3 Å². The van der Waals surface area contributed by atoms with Crippen LogP contribution in [0.3, 0.4) is 0 Å². The van der Waals surface area contributed by atoms with Crippen molar-refractivity contribution in [3.05, 3.63) is 0 Å². The normalized spacial score (nSPS) is 60.3. The molecule has 0 aromatic heterocycles. The average Bonchev–Trinajstić information content (AvgIpc) is 2.77. The van der Waals surface area contributed by atoms with E-state index in [4.69, 9.17) is 0 Å². The Morgan fingerprint density at radius 2 is 1.67 bits per heavy atom. The zero-order valence-corrected chi connectivity index (χ0v) is 15.7. The third kappa shape index (κ3) is 1.89. The fourth-order valence-electron chi connectivity index (χ4n) is 7.73. The van der Waals surface area contributed by atoms with Crippen molar-refractivity contribution in [1.82, 2.24) is 0 Å². The second kappa shape index (κ2) is 5.07. The van der Waals surface area contributed by atoms with E-state index in [2.05, 4.69) is 20.8 Å². The first-order valence-corrected chi connectivity index (χ1v) is 10.1. The van der Waals surface area contributed by atoms with Crippen LogP contribution in [-0.2, 0) is 4.79 Å². The monoisotopic (exact) mass is 334 g/mol. The summed E-state index contributed by atoms with van der Waals surface area (Å²) in [6.45, 7) is 8.84. The van der Waals surface area contributed by atoms with Crippen molar-refractivity contribution in [2.24, 2.45) is 40.4 Å². The van der Waals surface area contributed by atoms with Gasteiger partial charge < -0.3 is 10.2 Å². The second-order valence-electron chi connectivity index (χ2n) is 10.2. The van der Waals surface area contributed by atoms with Crippen LogP contribution in [0.4, 0.5) is 0 Å². The molecule has 0 aromatic rings. The molecule has 9 atom stereocenters. The number of hydrogen-bond acceptors (Lipinski definition) is 3. The summed E-state index contributed by atoms with van der Waals surface area (Å²) in [4.78, 5) is 12.2. The molecular weight excluding hydrogens is 300 g/mol. The lowest BCUT2D eigenvalue weighted by molar-refractivity contribution is -0.182. The van der Waals surface area contributed by atoms with Gasteiger partial charge in [0.25, 0.3) is 0 Å². The molecule has 0 spiro atoms. The number of fused-ring (bicyclic) bond motifs is 5. The third-order valence-corrected chi connectivity index (χ3v) is 9.76. The lowest BCUT2D eigenvalue weighted by atomic mass is 9.42. The van der Waals surface area contributed by atoms with Crippen LogP contribution in [0.2, 0.25) is 0 Å². The van der Waals surface area contributed by atoms with E-state index in [-0.39, 0.29) is 22.5 Å². The highest BCUT2D eigenvalue weighted by atomic mass is 16.3. The minimum atomic E-state index is -0.773. The predicted octanol–water partition coefficient (Wildman–Crippen LogP) is 3.57. The standard InChI is InChI=1S/C21H34O3/c1-12-18(23)17(22)11-13-5-6-14-15-8-10-20(3,24)19(15,2)9-7-16(14)21(12,13)4/h12-16,18,23-24H,5-11H2,1-4H3/t12-,13-,14?,15?,16?,18+,19-,20-,21-/m0/s1. The van der Waals surface area contributed by atoms with Crippen LogP contribution in [0.1, 0.15) is 72.6 Å². The molecule has 4 rings (SSSR count). The summed E-state index contributed by atoms with van der Waals surface area (Å²) in [5, 5.41) is 21.5. The van der Waals surface area contributed by atoms with Crippen LogP contribution in [0, 0.1) is 40.4 Å². The van der Waals surface area contributed by atoms with E-state index >= 15 is 0 Å². The Morgan fingerprint density at radius 3 is 2.38 bits per heavy atom. The Kier molecular flexibility index (Phi) is 3.59. The summed E-state index contributed by atoms with van der Waals surface area (Å²) in [6, 6.07) is 0. The fraction of sp³-hybridized carbons (Fsp3) is 0.952. The van der Waals surface area contributed by atoms with Crippen LogP contribution >= 0.6 is 0 Å². The molecule has 4 aliphatic carbocycles. The Bertz CT molecular complexity index is 551. The predicted molar refractivity (Wildman–Crippen MR) is 93.3 cm³/mol. The zero-order valence-electron chi connectivity index (χ0n) is 15.7. The molecule has 3 heteroatoms. The smallest absolute Gasteiger partial charge is 0.161 e. The van der Waals surface area contributed by atoms with Crippen LogP contribution in [-0.4, -0.2) is 27.7 Å². The Hall–Kier alpha value is -0.410. The SMILES string of the molecule is C[C@H]1[C@@H](O)C(=O)C[C@@H]2CCC3C(CC[C@@]4(C)C3CC[C@]4(C)O)[C@]21C. The molecule has 2 N–H and O–H groups in total. The number of Topliss-reactive ketones (excluding diaryl/α,β-unsaturated/α-hetero) is 1. The van der Waals surface area contributed by atoms with Crippen molar-refractivity contribution in [3.8, 4) is 0 Å². The number of aliphatic hydroxyl groups is 2. The van der Waals surface area contributed by atoms with Crippen LogP contribution < -0.4 is 0 Å². The molecule has 0 aromatic carbocycles.